The van der Waals surface area contributed by atoms with Crippen molar-refractivity contribution in [3.63, 3.8) is 0 Å². The lowest BCUT2D eigenvalue weighted by atomic mass is 9.87. The molecule has 0 unspecified atom stereocenters. The molecule has 0 amide bonds. The van der Waals surface area contributed by atoms with E-state index in [1.54, 1.807) is 0 Å². The number of rotatable bonds is 3. The van der Waals surface area contributed by atoms with Crippen LogP contribution in [0.1, 0.15) is 5.56 Å². The molecule has 40 heavy (non-hydrogen) atoms. The van der Waals surface area contributed by atoms with Gasteiger partial charge in [0.15, 0.2) is 0 Å². The van der Waals surface area contributed by atoms with Gasteiger partial charge in [-0.2, -0.15) is 5.26 Å². The molecular weight excluding hydrogens is 490 g/mol. The second kappa shape index (κ2) is 8.73. The van der Waals surface area contributed by atoms with E-state index in [9.17, 15) is 5.26 Å². The number of nitrogens with zero attached hydrogens (tertiary/aromatic N) is 1. The summed E-state index contributed by atoms with van der Waals surface area (Å²) in [6, 6.07) is 45.6. The van der Waals surface area contributed by atoms with Crippen molar-refractivity contribution in [1.29, 1.82) is 5.26 Å². The van der Waals surface area contributed by atoms with Gasteiger partial charge in [-0.25, -0.2) is 0 Å². The first-order valence-electron chi connectivity index (χ1n) is 13.2. The minimum Gasteiger partial charge on any atom is -0.456 e. The molecule has 0 bridgehead atoms. The first-order chi connectivity index (χ1) is 19.8. The summed E-state index contributed by atoms with van der Waals surface area (Å²) >= 11 is 0. The zero-order valence-corrected chi connectivity index (χ0v) is 21.4. The fraction of sp³-hybridized carbons (Fsp3) is 0. The molecule has 8 aromatic rings. The van der Waals surface area contributed by atoms with E-state index >= 15 is 0 Å². The standard InChI is InChI=1S/C37H21NO2/c38-22-26-19-31(24-15-17-36-33(18-24)28-11-5-7-13-35(28)39-36)32(21-30(26)23-8-2-1-3-9-23)25-14-16-29-27-10-4-6-12-34(27)40-37(29)20-25/h1-21H. The van der Waals surface area contributed by atoms with Crippen LogP contribution in [0.5, 0.6) is 0 Å². The van der Waals surface area contributed by atoms with Gasteiger partial charge in [0.1, 0.15) is 22.3 Å². The Balaban J connectivity index is 1.41. The molecule has 8 rings (SSSR count). The third kappa shape index (κ3) is 3.44. The Morgan fingerprint density at radius 2 is 0.975 bits per heavy atom. The van der Waals surface area contributed by atoms with Crippen molar-refractivity contribution in [2.45, 2.75) is 0 Å². The molecule has 0 N–H and O–H groups in total. The molecule has 186 valence electrons. The third-order valence-corrected chi connectivity index (χ3v) is 7.74. The Morgan fingerprint density at radius 3 is 1.75 bits per heavy atom. The summed E-state index contributed by atoms with van der Waals surface area (Å²) < 4.78 is 12.3. The third-order valence-electron chi connectivity index (χ3n) is 7.74. The van der Waals surface area contributed by atoms with Gasteiger partial charge in [-0.3, -0.25) is 0 Å². The lowest BCUT2D eigenvalue weighted by Crippen LogP contribution is -1.92. The monoisotopic (exact) mass is 511 g/mol. The van der Waals surface area contributed by atoms with Crippen molar-refractivity contribution in [2.24, 2.45) is 0 Å². The lowest BCUT2D eigenvalue weighted by molar-refractivity contribution is 0.668. The maximum atomic E-state index is 10.2. The molecule has 0 saturated heterocycles. The van der Waals surface area contributed by atoms with Crippen molar-refractivity contribution < 1.29 is 8.83 Å². The highest BCUT2D eigenvalue weighted by Crippen LogP contribution is 2.41. The molecule has 0 atom stereocenters. The number of furan rings is 2. The van der Waals surface area contributed by atoms with Gasteiger partial charge in [-0.05, 0) is 76.3 Å². The van der Waals surface area contributed by atoms with Crippen LogP contribution in [0.2, 0.25) is 0 Å². The molecule has 0 spiro atoms. The van der Waals surface area contributed by atoms with E-state index in [-0.39, 0.29) is 0 Å². The Labute approximate surface area is 230 Å². The quantitative estimate of drug-likeness (QED) is 0.237. The SMILES string of the molecule is N#Cc1cc(-c2ccc3oc4ccccc4c3c2)c(-c2ccc3c(c2)oc2ccccc23)cc1-c1ccccc1. The molecule has 0 aliphatic heterocycles. The number of benzene rings is 6. The van der Waals surface area contributed by atoms with E-state index in [0.29, 0.717) is 5.56 Å². The molecule has 3 nitrogen and oxygen atoms in total. The first kappa shape index (κ1) is 22.4. The minimum absolute atomic E-state index is 0.631. The molecule has 6 aromatic carbocycles. The van der Waals surface area contributed by atoms with Crippen LogP contribution in [0.3, 0.4) is 0 Å². The van der Waals surface area contributed by atoms with Crippen LogP contribution in [0.4, 0.5) is 0 Å². The maximum Gasteiger partial charge on any atom is 0.136 e. The topological polar surface area (TPSA) is 50.1 Å². The summed E-state index contributed by atoms with van der Waals surface area (Å²) in [5.74, 6) is 0. The summed E-state index contributed by atoms with van der Waals surface area (Å²) in [6.07, 6.45) is 0. The van der Waals surface area contributed by atoms with Crippen LogP contribution in [-0.4, -0.2) is 0 Å². The van der Waals surface area contributed by atoms with Crippen molar-refractivity contribution in [3.05, 3.63) is 133 Å². The van der Waals surface area contributed by atoms with Gasteiger partial charge in [0, 0.05) is 27.1 Å². The van der Waals surface area contributed by atoms with Gasteiger partial charge < -0.3 is 8.83 Å². The van der Waals surface area contributed by atoms with Crippen LogP contribution in [-0.2, 0) is 0 Å². The van der Waals surface area contributed by atoms with E-state index in [4.69, 9.17) is 8.83 Å². The number of fused-ring (bicyclic) bond motifs is 6. The second-order valence-electron chi connectivity index (χ2n) is 10.0. The van der Waals surface area contributed by atoms with Crippen LogP contribution in [0.15, 0.2) is 136 Å². The molecule has 0 saturated carbocycles. The van der Waals surface area contributed by atoms with Crippen LogP contribution in [0.25, 0.3) is 77.3 Å². The molecule has 0 radical (unpaired) electrons. The highest BCUT2D eigenvalue weighted by Gasteiger charge is 2.17. The molecule has 0 aliphatic carbocycles. The first-order valence-corrected chi connectivity index (χ1v) is 13.2. The zero-order chi connectivity index (χ0) is 26.6. The van der Waals surface area contributed by atoms with Crippen molar-refractivity contribution in [1.82, 2.24) is 0 Å². The lowest BCUT2D eigenvalue weighted by Gasteiger charge is -2.15. The Bertz CT molecular complexity index is 2280. The summed E-state index contributed by atoms with van der Waals surface area (Å²) in [5, 5.41) is 14.6. The van der Waals surface area contributed by atoms with Gasteiger partial charge in [0.05, 0.1) is 11.6 Å². The Hall–Kier alpha value is -5.59. The molecule has 2 aromatic heterocycles. The van der Waals surface area contributed by atoms with Crippen LogP contribution < -0.4 is 0 Å². The average Bonchev–Trinajstić information content (AvgIpc) is 3.58. The summed E-state index contributed by atoms with van der Waals surface area (Å²) in [7, 11) is 0. The maximum absolute atomic E-state index is 10.2. The van der Waals surface area contributed by atoms with Gasteiger partial charge in [0.2, 0.25) is 0 Å². The molecular formula is C37H21NO2. The normalized spacial score (nSPS) is 11.5. The van der Waals surface area contributed by atoms with Crippen molar-refractivity contribution >= 4 is 43.9 Å². The predicted molar refractivity (Wildman–Crippen MR) is 162 cm³/mol. The van der Waals surface area contributed by atoms with Crippen molar-refractivity contribution in [2.75, 3.05) is 0 Å². The average molecular weight is 512 g/mol. The summed E-state index contributed by atoms with van der Waals surface area (Å²) in [4.78, 5) is 0. The number of hydrogen-bond donors (Lipinski definition) is 0. The molecule has 3 heteroatoms. The van der Waals surface area contributed by atoms with E-state index in [2.05, 4.69) is 54.6 Å². The summed E-state index contributed by atoms with van der Waals surface area (Å²) in [5.41, 5.74) is 10.0. The molecule has 0 fully saturated rings. The number of nitriles is 1. The number of para-hydroxylation sites is 2. The molecule has 2 heterocycles. The van der Waals surface area contributed by atoms with E-state index < -0.39 is 0 Å². The minimum atomic E-state index is 0.631. The van der Waals surface area contributed by atoms with E-state index in [1.807, 2.05) is 78.9 Å². The predicted octanol–water partition coefficient (Wildman–Crippen LogP) is 10.4. The number of hydrogen-bond acceptors (Lipinski definition) is 3. The van der Waals surface area contributed by atoms with Crippen molar-refractivity contribution in [3.8, 4) is 39.4 Å². The van der Waals surface area contributed by atoms with Gasteiger partial charge in [0.25, 0.3) is 0 Å². The van der Waals surface area contributed by atoms with Gasteiger partial charge in [-0.1, -0.05) is 78.9 Å². The summed E-state index contributed by atoms with van der Waals surface area (Å²) in [6.45, 7) is 0. The Kier molecular flexibility index (Phi) is 4.89. The highest BCUT2D eigenvalue weighted by atomic mass is 16.3. The second-order valence-corrected chi connectivity index (χ2v) is 10.0. The van der Waals surface area contributed by atoms with E-state index in [1.165, 1.54) is 0 Å². The fourth-order valence-corrected chi connectivity index (χ4v) is 5.81. The molecule has 0 aliphatic rings. The van der Waals surface area contributed by atoms with Gasteiger partial charge >= 0.3 is 0 Å². The Morgan fingerprint density at radius 1 is 0.400 bits per heavy atom. The smallest absolute Gasteiger partial charge is 0.136 e. The largest absolute Gasteiger partial charge is 0.456 e. The van der Waals surface area contributed by atoms with E-state index in [0.717, 1.165) is 77.3 Å². The fourth-order valence-electron chi connectivity index (χ4n) is 5.81. The van der Waals surface area contributed by atoms with Crippen LogP contribution >= 0.6 is 0 Å². The van der Waals surface area contributed by atoms with Gasteiger partial charge in [-0.15, -0.1) is 0 Å². The highest BCUT2D eigenvalue weighted by molar-refractivity contribution is 6.08. The zero-order valence-electron chi connectivity index (χ0n) is 21.4. The van der Waals surface area contributed by atoms with Crippen LogP contribution in [0, 0.1) is 11.3 Å².